The van der Waals surface area contributed by atoms with Crippen LogP contribution in [0.25, 0.3) is 0 Å². The zero-order valence-electron chi connectivity index (χ0n) is 12.7. The van der Waals surface area contributed by atoms with E-state index in [0.717, 1.165) is 0 Å². The first kappa shape index (κ1) is 26.1. The minimum atomic E-state index is -8.40. The third-order valence-corrected chi connectivity index (χ3v) is 3.75. The number of carbonyl (C=O) groups excluding carboxylic acids is 2. The number of hydrogen-bond donors (Lipinski definition) is 0. The molecule has 0 aliphatic carbocycles. The second-order valence-corrected chi connectivity index (χ2v) is 5.46. The van der Waals surface area contributed by atoms with Gasteiger partial charge in [0.2, 0.25) is 0 Å². The van der Waals surface area contributed by atoms with Gasteiger partial charge in [0, 0.05) is 0 Å². The molecule has 20 heteroatoms. The Balaban J connectivity index is 4.11. The summed E-state index contributed by atoms with van der Waals surface area (Å²) < 4.78 is 224. The fourth-order valence-electron chi connectivity index (χ4n) is 2.10. The number of alkyl halides is 15. The van der Waals surface area contributed by atoms with E-state index in [9.17, 15) is 84.2 Å². The van der Waals surface area contributed by atoms with Crippen molar-refractivity contribution >= 4 is 12.1 Å². The Morgan fingerprint density at radius 2 is 0.867 bits per heavy atom. The second-order valence-electron chi connectivity index (χ2n) is 5.46. The third kappa shape index (κ3) is 2.44. The third-order valence-electron chi connectivity index (χ3n) is 3.75. The van der Waals surface area contributed by atoms with E-state index in [2.05, 4.69) is 0 Å². The van der Waals surface area contributed by atoms with E-state index < -0.39 is 64.5 Å². The monoisotopic (exact) mass is 489 g/mol. The lowest BCUT2D eigenvalue weighted by atomic mass is 9.88. The normalized spacial score (nSPS) is 27.2. The standard InChI is InChI=1S/C10F17NO2/c11-1(29)3(13,4(14,15)2(12)30)8(22,23)28-9(24,25)6(18,19)5(16,17)7(20,21)10(28,26)27. The van der Waals surface area contributed by atoms with Gasteiger partial charge >= 0.3 is 59.6 Å². The van der Waals surface area contributed by atoms with Gasteiger partial charge in [-0.25, -0.2) is 4.39 Å². The Morgan fingerprint density at radius 3 is 1.10 bits per heavy atom. The molecule has 0 saturated carbocycles. The van der Waals surface area contributed by atoms with Crippen LogP contribution in [0.5, 0.6) is 0 Å². The van der Waals surface area contributed by atoms with Crippen LogP contribution in [0.3, 0.4) is 0 Å². The van der Waals surface area contributed by atoms with Crippen molar-refractivity contribution in [1.29, 1.82) is 0 Å². The Kier molecular flexibility index (Phi) is 5.30. The lowest BCUT2D eigenvalue weighted by molar-refractivity contribution is -0.543. The minimum absolute atomic E-state index is 4.64. The van der Waals surface area contributed by atoms with Crippen LogP contribution < -0.4 is 0 Å². The van der Waals surface area contributed by atoms with Gasteiger partial charge < -0.3 is 0 Å². The molecule has 0 amide bonds. The molecule has 1 unspecified atom stereocenters. The predicted octanol–water partition coefficient (Wildman–Crippen LogP) is 4.32. The summed E-state index contributed by atoms with van der Waals surface area (Å²) >= 11 is 0. The topological polar surface area (TPSA) is 37.4 Å². The summed E-state index contributed by atoms with van der Waals surface area (Å²) in [5, 5.41) is 0. The molecule has 0 aromatic carbocycles. The lowest BCUT2D eigenvalue weighted by Crippen LogP contribution is -2.87. The zero-order valence-corrected chi connectivity index (χ0v) is 12.7. The number of likely N-dealkylation sites (tertiary alicyclic amines) is 1. The molecule has 1 rings (SSSR count). The summed E-state index contributed by atoms with van der Waals surface area (Å²) in [6, 6.07) is -34.8. The van der Waals surface area contributed by atoms with Crippen LogP contribution in [0.1, 0.15) is 0 Å². The largest absolute Gasteiger partial charge is 0.393 e. The van der Waals surface area contributed by atoms with E-state index in [1.165, 1.54) is 0 Å². The van der Waals surface area contributed by atoms with E-state index in [4.69, 9.17) is 0 Å². The average Bonchev–Trinajstić information content (AvgIpc) is 2.50. The Labute approximate surface area is 150 Å². The van der Waals surface area contributed by atoms with E-state index in [-0.39, 0.29) is 0 Å². The van der Waals surface area contributed by atoms with Crippen LogP contribution in [-0.4, -0.2) is 64.5 Å². The summed E-state index contributed by atoms with van der Waals surface area (Å²) in [5.74, 6) is -31.7. The zero-order chi connectivity index (χ0) is 24.7. The lowest BCUT2D eigenvalue weighted by Gasteiger charge is -2.54. The van der Waals surface area contributed by atoms with E-state index in [1.807, 2.05) is 0 Å². The van der Waals surface area contributed by atoms with E-state index in [0.29, 0.717) is 0 Å². The smallest absolute Gasteiger partial charge is 0.257 e. The quantitative estimate of drug-likeness (QED) is 0.328. The molecule has 0 N–H and O–H groups in total. The van der Waals surface area contributed by atoms with Gasteiger partial charge in [0.15, 0.2) is 0 Å². The molecule has 3 nitrogen and oxygen atoms in total. The van der Waals surface area contributed by atoms with Crippen molar-refractivity contribution in [3.05, 3.63) is 0 Å². The van der Waals surface area contributed by atoms with E-state index >= 15 is 0 Å². The van der Waals surface area contributed by atoms with Gasteiger partial charge in [-0.3, -0.25) is 9.59 Å². The molecule has 0 aromatic rings. The average molecular weight is 489 g/mol. The molecule has 1 aliphatic heterocycles. The maximum atomic E-state index is 13.8. The van der Waals surface area contributed by atoms with Crippen LogP contribution in [0.2, 0.25) is 0 Å². The highest BCUT2D eigenvalue weighted by molar-refractivity contribution is 5.91. The van der Waals surface area contributed by atoms with Crippen molar-refractivity contribution in [3.63, 3.8) is 0 Å². The van der Waals surface area contributed by atoms with Crippen LogP contribution in [0, 0.1) is 0 Å². The highest BCUT2D eigenvalue weighted by Crippen LogP contribution is 2.68. The van der Waals surface area contributed by atoms with Crippen LogP contribution >= 0.6 is 0 Å². The molecular weight excluding hydrogens is 489 g/mol. The predicted molar refractivity (Wildman–Crippen MR) is 52.5 cm³/mol. The second kappa shape index (κ2) is 6.09. The molecule has 1 heterocycles. The van der Waals surface area contributed by atoms with Crippen molar-refractivity contribution in [2.75, 3.05) is 0 Å². The number of carbonyl (C=O) groups is 2. The molecule has 0 bridgehead atoms. The van der Waals surface area contributed by atoms with Crippen molar-refractivity contribution < 1.29 is 84.2 Å². The van der Waals surface area contributed by atoms with Gasteiger partial charge in [0.05, 0.1) is 0 Å². The number of nitrogens with zero attached hydrogens (tertiary/aromatic N) is 1. The molecule has 30 heavy (non-hydrogen) atoms. The minimum Gasteiger partial charge on any atom is -0.257 e. The highest BCUT2D eigenvalue weighted by Gasteiger charge is 3.00. The van der Waals surface area contributed by atoms with Crippen LogP contribution in [0.4, 0.5) is 74.6 Å². The summed E-state index contributed by atoms with van der Waals surface area (Å²) in [5.41, 5.74) is -7.95. The first-order valence-electron chi connectivity index (χ1n) is 6.29. The molecule has 1 aliphatic rings. The van der Waals surface area contributed by atoms with Crippen molar-refractivity contribution in [3.8, 4) is 0 Å². The van der Waals surface area contributed by atoms with Gasteiger partial charge in [-0.2, -0.15) is 70.2 Å². The van der Waals surface area contributed by atoms with Gasteiger partial charge in [-0.05, 0) is 0 Å². The molecule has 0 radical (unpaired) electrons. The fourth-order valence-corrected chi connectivity index (χ4v) is 2.10. The van der Waals surface area contributed by atoms with E-state index in [1.54, 1.807) is 0 Å². The fraction of sp³-hybridized carbons (Fsp3) is 0.800. The van der Waals surface area contributed by atoms with Gasteiger partial charge in [-0.15, -0.1) is 4.90 Å². The molecule has 1 fully saturated rings. The SMILES string of the molecule is O=C(F)C(F)(F)C(F)(C(=O)F)C(F)(F)N1C(F)(F)C(F)(F)C(F)(F)C(F)(F)C1(F)F. The maximum absolute atomic E-state index is 13.8. The number of piperidine rings is 1. The molecule has 1 atom stereocenters. The summed E-state index contributed by atoms with van der Waals surface area (Å²) in [7, 11) is 0. The first-order chi connectivity index (χ1) is 12.8. The Bertz CT molecular complexity index is 730. The number of rotatable bonds is 5. The number of hydrogen-bond acceptors (Lipinski definition) is 3. The molecule has 0 spiro atoms. The Morgan fingerprint density at radius 1 is 0.567 bits per heavy atom. The van der Waals surface area contributed by atoms with Gasteiger partial charge in [0.25, 0.3) is 0 Å². The van der Waals surface area contributed by atoms with Crippen LogP contribution in [0.15, 0.2) is 0 Å². The van der Waals surface area contributed by atoms with Crippen molar-refractivity contribution in [2.24, 2.45) is 0 Å². The highest BCUT2D eigenvalue weighted by atomic mass is 19.4. The molecule has 0 aromatic heterocycles. The first-order valence-corrected chi connectivity index (χ1v) is 6.29. The van der Waals surface area contributed by atoms with Crippen molar-refractivity contribution in [2.45, 2.75) is 47.5 Å². The maximum Gasteiger partial charge on any atom is 0.393 e. The van der Waals surface area contributed by atoms with Crippen molar-refractivity contribution in [1.82, 2.24) is 4.90 Å². The summed E-state index contributed by atoms with van der Waals surface area (Å²) in [6.45, 7) is 0. The molecular formula is C10F17NO2. The summed E-state index contributed by atoms with van der Waals surface area (Å²) in [6.07, 6.45) is 0. The molecule has 1 saturated heterocycles. The summed E-state index contributed by atoms with van der Waals surface area (Å²) in [4.78, 5) is 15.5. The van der Waals surface area contributed by atoms with Gasteiger partial charge in [-0.1, -0.05) is 0 Å². The van der Waals surface area contributed by atoms with Gasteiger partial charge in [0.1, 0.15) is 0 Å². The molecule has 176 valence electrons. The van der Waals surface area contributed by atoms with Crippen LogP contribution in [-0.2, 0) is 9.59 Å². The Hall–Kier alpha value is -1.89. The number of halogens is 17.